The molecule has 1 aliphatic heterocycles. The normalized spacial score (nSPS) is 21.7. The Morgan fingerprint density at radius 1 is 1.26 bits per heavy atom. The first-order valence-corrected chi connectivity index (χ1v) is 8.44. The predicted molar refractivity (Wildman–Crippen MR) is 88.7 cm³/mol. The molecule has 1 aliphatic carbocycles. The van der Waals surface area contributed by atoms with Crippen LogP contribution in [-0.4, -0.2) is 31.1 Å². The Hall–Kier alpha value is -1.30. The molecule has 2 aliphatic rings. The van der Waals surface area contributed by atoms with Gasteiger partial charge >= 0.3 is 0 Å². The van der Waals surface area contributed by atoms with Crippen molar-refractivity contribution in [2.24, 2.45) is 5.41 Å². The van der Waals surface area contributed by atoms with Crippen molar-refractivity contribution in [2.75, 3.05) is 18.5 Å². The number of benzene rings is 1. The van der Waals surface area contributed by atoms with E-state index in [1.807, 2.05) is 0 Å². The summed E-state index contributed by atoms with van der Waals surface area (Å²) in [4.78, 5) is 24.9. The standard InChI is InChI=1S/C16H18Cl2N2O3/c17-11-4-1-5-12(13(11)18)20-15(22)16(6-7-16)14(21)19-9-10-3-2-8-23-10/h1,4-5,10H,2-3,6-9H2,(H,19,21)(H,20,22). The number of nitrogens with one attached hydrogen (secondary N) is 2. The predicted octanol–water partition coefficient (Wildman–Crippen LogP) is 3.01. The van der Waals surface area contributed by atoms with Crippen molar-refractivity contribution < 1.29 is 14.3 Å². The van der Waals surface area contributed by atoms with E-state index in [-0.39, 0.29) is 22.9 Å². The Balaban J connectivity index is 1.61. The van der Waals surface area contributed by atoms with E-state index in [1.165, 1.54) is 0 Å². The molecule has 5 nitrogen and oxygen atoms in total. The van der Waals surface area contributed by atoms with Crippen molar-refractivity contribution in [3.63, 3.8) is 0 Å². The van der Waals surface area contributed by atoms with Gasteiger partial charge in [-0.1, -0.05) is 29.3 Å². The van der Waals surface area contributed by atoms with E-state index in [4.69, 9.17) is 27.9 Å². The topological polar surface area (TPSA) is 67.4 Å². The fourth-order valence-electron chi connectivity index (χ4n) is 2.71. The highest BCUT2D eigenvalue weighted by molar-refractivity contribution is 6.44. The number of carbonyl (C=O) groups is 2. The number of hydrogen-bond acceptors (Lipinski definition) is 3. The van der Waals surface area contributed by atoms with E-state index in [0.717, 1.165) is 19.4 Å². The van der Waals surface area contributed by atoms with Gasteiger partial charge in [0.15, 0.2) is 0 Å². The van der Waals surface area contributed by atoms with Gasteiger partial charge in [-0.05, 0) is 37.8 Å². The minimum absolute atomic E-state index is 0.0557. The van der Waals surface area contributed by atoms with Crippen LogP contribution in [0.1, 0.15) is 25.7 Å². The molecule has 7 heteroatoms. The highest BCUT2D eigenvalue weighted by Gasteiger charge is 2.56. The van der Waals surface area contributed by atoms with E-state index in [1.54, 1.807) is 18.2 Å². The summed E-state index contributed by atoms with van der Waals surface area (Å²) >= 11 is 12.0. The molecule has 1 heterocycles. The van der Waals surface area contributed by atoms with Crippen LogP contribution in [0.3, 0.4) is 0 Å². The summed E-state index contributed by atoms with van der Waals surface area (Å²) in [5.41, 5.74) is -0.577. The second kappa shape index (κ2) is 6.67. The van der Waals surface area contributed by atoms with Gasteiger partial charge in [0.1, 0.15) is 5.41 Å². The van der Waals surface area contributed by atoms with E-state index in [9.17, 15) is 9.59 Å². The smallest absolute Gasteiger partial charge is 0.240 e. The molecule has 2 fully saturated rings. The Morgan fingerprint density at radius 2 is 2.04 bits per heavy atom. The average Bonchev–Trinajstić information content (AvgIpc) is 3.19. The number of rotatable bonds is 5. The van der Waals surface area contributed by atoms with Crippen LogP contribution in [-0.2, 0) is 14.3 Å². The molecule has 1 atom stereocenters. The number of anilines is 1. The highest BCUT2D eigenvalue weighted by Crippen LogP contribution is 2.47. The first kappa shape index (κ1) is 16.6. The monoisotopic (exact) mass is 356 g/mol. The fraction of sp³-hybridized carbons (Fsp3) is 0.500. The number of amides is 2. The summed E-state index contributed by atoms with van der Waals surface area (Å²) in [5.74, 6) is -0.588. The van der Waals surface area contributed by atoms with Crippen LogP contribution in [0.4, 0.5) is 5.69 Å². The molecule has 0 aromatic heterocycles. The van der Waals surface area contributed by atoms with Gasteiger partial charge in [-0.2, -0.15) is 0 Å². The molecule has 124 valence electrons. The maximum atomic E-state index is 12.5. The minimum atomic E-state index is -0.996. The van der Waals surface area contributed by atoms with Crippen molar-refractivity contribution in [3.05, 3.63) is 28.2 Å². The Morgan fingerprint density at radius 3 is 2.70 bits per heavy atom. The lowest BCUT2D eigenvalue weighted by Gasteiger charge is -2.17. The van der Waals surface area contributed by atoms with Crippen molar-refractivity contribution >= 4 is 40.7 Å². The summed E-state index contributed by atoms with van der Waals surface area (Å²) in [5, 5.41) is 6.19. The maximum Gasteiger partial charge on any atom is 0.240 e. The van der Waals surface area contributed by atoms with Gasteiger partial charge in [0.2, 0.25) is 11.8 Å². The van der Waals surface area contributed by atoms with Crippen LogP contribution in [0.2, 0.25) is 10.0 Å². The molecule has 1 unspecified atom stereocenters. The van der Waals surface area contributed by atoms with Gasteiger partial charge < -0.3 is 15.4 Å². The quantitative estimate of drug-likeness (QED) is 0.796. The zero-order chi connectivity index (χ0) is 16.4. The van der Waals surface area contributed by atoms with Crippen LogP contribution in [0.25, 0.3) is 0 Å². The summed E-state index contributed by atoms with van der Waals surface area (Å²) in [7, 11) is 0. The molecular formula is C16H18Cl2N2O3. The molecule has 2 amide bonds. The second-order valence-electron chi connectivity index (χ2n) is 5.98. The van der Waals surface area contributed by atoms with Crippen molar-refractivity contribution in [1.82, 2.24) is 5.32 Å². The lowest BCUT2D eigenvalue weighted by atomic mass is 10.0. The third-order valence-corrected chi connectivity index (χ3v) is 5.15. The number of hydrogen-bond donors (Lipinski definition) is 2. The summed E-state index contributed by atoms with van der Waals surface area (Å²) in [6, 6.07) is 4.99. The molecular weight excluding hydrogens is 339 g/mol. The van der Waals surface area contributed by atoms with Gasteiger partial charge in [0, 0.05) is 13.2 Å². The van der Waals surface area contributed by atoms with Crippen LogP contribution >= 0.6 is 23.2 Å². The molecule has 1 aromatic rings. The molecule has 2 N–H and O–H groups in total. The van der Waals surface area contributed by atoms with Gasteiger partial charge in [0.25, 0.3) is 0 Å². The van der Waals surface area contributed by atoms with Crippen molar-refractivity contribution in [3.8, 4) is 0 Å². The SMILES string of the molecule is O=C(NCC1CCCO1)C1(C(=O)Nc2cccc(Cl)c2Cl)CC1. The molecule has 3 rings (SSSR count). The van der Waals surface area contributed by atoms with Gasteiger partial charge in [-0.25, -0.2) is 0 Å². The average molecular weight is 357 g/mol. The molecule has 0 radical (unpaired) electrons. The molecule has 23 heavy (non-hydrogen) atoms. The fourth-order valence-corrected chi connectivity index (χ4v) is 3.05. The number of carbonyl (C=O) groups excluding carboxylic acids is 2. The lowest BCUT2D eigenvalue weighted by Crippen LogP contribution is -2.42. The number of ether oxygens (including phenoxy) is 1. The lowest BCUT2D eigenvalue weighted by molar-refractivity contribution is -0.134. The first-order chi connectivity index (χ1) is 11.0. The van der Waals surface area contributed by atoms with Crippen LogP contribution < -0.4 is 10.6 Å². The molecule has 1 aromatic carbocycles. The van der Waals surface area contributed by atoms with Crippen LogP contribution in [0.5, 0.6) is 0 Å². The molecule has 1 saturated heterocycles. The summed E-state index contributed by atoms with van der Waals surface area (Å²) < 4.78 is 5.47. The third kappa shape index (κ3) is 3.47. The molecule has 0 spiro atoms. The largest absolute Gasteiger partial charge is 0.376 e. The molecule has 1 saturated carbocycles. The highest BCUT2D eigenvalue weighted by atomic mass is 35.5. The second-order valence-corrected chi connectivity index (χ2v) is 6.77. The summed E-state index contributed by atoms with van der Waals surface area (Å²) in [6.07, 6.45) is 3.08. The van der Waals surface area contributed by atoms with Crippen LogP contribution in [0, 0.1) is 5.41 Å². The first-order valence-electron chi connectivity index (χ1n) is 7.68. The van der Waals surface area contributed by atoms with E-state index in [0.29, 0.717) is 30.1 Å². The van der Waals surface area contributed by atoms with Gasteiger partial charge in [0.05, 0.1) is 21.8 Å². The van der Waals surface area contributed by atoms with Gasteiger partial charge in [-0.3, -0.25) is 9.59 Å². The maximum absolute atomic E-state index is 12.5. The van der Waals surface area contributed by atoms with E-state index < -0.39 is 5.41 Å². The van der Waals surface area contributed by atoms with E-state index >= 15 is 0 Å². The van der Waals surface area contributed by atoms with Crippen molar-refractivity contribution in [1.29, 1.82) is 0 Å². The minimum Gasteiger partial charge on any atom is -0.376 e. The third-order valence-electron chi connectivity index (χ3n) is 4.33. The zero-order valence-electron chi connectivity index (χ0n) is 12.5. The van der Waals surface area contributed by atoms with Gasteiger partial charge in [-0.15, -0.1) is 0 Å². The summed E-state index contributed by atoms with van der Waals surface area (Å²) in [6.45, 7) is 1.19. The Bertz CT molecular complexity index is 626. The van der Waals surface area contributed by atoms with E-state index in [2.05, 4.69) is 10.6 Å². The Kier molecular flexibility index (Phi) is 4.80. The van der Waals surface area contributed by atoms with Crippen molar-refractivity contribution in [2.45, 2.75) is 31.8 Å². The van der Waals surface area contributed by atoms with Crippen LogP contribution in [0.15, 0.2) is 18.2 Å². The zero-order valence-corrected chi connectivity index (χ0v) is 14.0. The number of halogens is 2. The molecule has 0 bridgehead atoms. The Labute approximate surface area is 144 Å².